The molecular weight excluding hydrogens is 168 g/mol. The molecule has 0 bridgehead atoms. The van der Waals surface area contributed by atoms with Gasteiger partial charge in [-0.25, -0.2) is 0 Å². The largest absolute Gasteiger partial charge is 0.127 e. The summed E-state index contributed by atoms with van der Waals surface area (Å²) in [6, 6.07) is 10.3. The molecule has 1 heteroatoms. The van der Waals surface area contributed by atoms with E-state index in [-0.39, 0.29) is 0 Å². The monoisotopic (exact) mass is 180 g/mol. The molecule has 1 aromatic carbocycles. The lowest BCUT2D eigenvalue weighted by atomic mass is 10.2. The molecule has 0 aromatic heterocycles. The average molecular weight is 181 g/mol. The van der Waals surface area contributed by atoms with E-state index in [1.54, 1.807) is 0 Å². The number of hydrogen-bond donors (Lipinski definition) is 0. The maximum atomic E-state index is 5.55. The molecule has 0 nitrogen and oxygen atoms in total. The van der Waals surface area contributed by atoms with E-state index in [0.29, 0.717) is 0 Å². The van der Waals surface area contributed by atoms with Gasteiger partial charge in [0, 0.05) is 5.88 Å². The number of allylic oxidation sites excluding steroid dienone is 1. The Hall–Kier alpha value is -0.750. The van der Waals surface area contributed by atoms with E-state index in [1.165, 1.54) is 5.56 Å². The molecule has 0 radical (unpaired) electrons. The maximum absolute atomic E-state index is 5.55. The van der Waals surface area contributed by atoms with Gasteiger partial charge in [-0.3, -0.25) is 0 Å². The fourth-order valence-corrected chi connectivity index (χ4v) is 1.13. The molecule has 1 aromatic rings. The lowest BCUT2D eigenvalue weighted by molar-refractivity contribution is 0.970. The van der Waals surface area contributed by atoms with Gasteiger partial charge in [0.15, 0.2) is 0 Å². The summed E-state index contributed by atoms with van der Waals surface area (Å²) < 4.78 is 0. The third-order valence-electron chi connectivity index (χ3n) is 1.61. The van der Waals surface area contributed by atoms with E-state index in [1.807, 2.05) is 18.2 Å². The van der Waals surface area contributed by atoms with Crippen LogP contribution < -0.4 is 0 Å². The van der Waals surface area contributed by atoms with Gasteiger partial charge in [-0.1, -0.05) is 42.5 Å². The molecule has 0 aliphatic heterocycles. The molecule has 0 saturated carbocycles. The molecule has 0 saturated heterocycles. The molecule has 0 N–H and O–H groups in total. The fourth-order valence-electron chi connectivity index (χ4n) is 0.979. The predicted molar refractivity (Wildman–Crippen MR) is 55.4 cm³/mol. The summed E-state index contributed by atoms with van der Waals surface area (Å²) in [7, 11) is 0. The number of benzene rings is 1. The van der Waals surface area contributed by atoms with Crippen molar-refractivity contribution in [3.63, 3.8) is 0 Å². The van der Waals surface area contributed by atoms with Gasteiger partial charge in [-0.15, -0.1) is 11.6 Å². The topological polar surface area (TPSA) is 0 Å². The molecule has 0 unspecified atom stereocenters. The Kier molecular flexibility index (Phi) is 4.55. The minimum Gasteiger partial charge on any atom is -0.127 e. The zero-order valence-corrected chi connectivity index (χ0v) is 7.80. The highest BCUT2D eigenvalue weighted by Gasteiger charge is 1.82. The standard InChI is InChI=1S/C11H13Cl/c12-10-6-2-5-9-11-7-3-1-4-8-11/h1,3-5,7-9H,2,6,10H2. The van der Waals surface area contributed by atoms with Crippen molar-refractivity contribution in [2.45, 2.75) is 12.8 Å². The van der Waals surface area contributed by atoms with Crippen molar-refractivity contribution in [1.82, 2.24) is 0 Å². The lowest BCUT2D eigenvalue weighted by Gasteiger charge is -1.90. The van der Waals surface area contributed by atoms with Crippen molar-refractivity contribution in [3.8, 4) is 0 Å². The van der Waals surface area contributed by atoms with Gasteiger partial charge >= 0.3 is 0 Å². The SMILES string of the molecule is ClCCCC=Cc1ccccc1. The zero-order chi connectivity index (χ0) is 8.65. The van der Waals surface area contributed by atoms with Crippen LogP contribution in [0.2, 0.25) is 0 Å². The lowest BCUT2D eigenvalue weighted by Crippen LogP contribution is -1.72. The van der Waals surface area contributed by atoms with Crippen molar-refractivity contribution in [2.24, 2.45) is 0 Å². The van der Waals surface area contributed by atoms with Crippen LogP contribution in [0.15, 0.2) is 36.4 Å². The summed E-state index contributed by atoms with van der Waals surface area (Å²) in [4.78, 5) is 0. The van der Waals surface area contributed by atoms with Gasteiger partial charge in [0.25, 0.3) is 0 Å². The van der Waals surface area contributed by atoms with Crippen molar-refractivity contribution in [2.75, 3.05) is 5.88 Å². The first kappa shape index (κ1) is 9.34. The van der Waals surface area contributed by atoms with E-state index in [2.05, 4.69) is 24.3 Å². The highest BCUT2D eigenvalue weighted by atomic mass is 35.5. The highest BCUT2D eigenvalue weighted by molar-refractivity contribution is 6.17. The molecule has 0 atom stereocenters. The van der Waals surface area contributed by atoms with E-state index in [4.69, 9.17) is 11.6 Å². The summed E-state index contributed by atoms with van der Waals surface area (Å²) in [5, 5.41) is 0. The summed E-state index contributed by atoms with van der Waals surface area (Å²) in [5.41, 5.74) is 1.26. The normalized spacial score (nSPS) is 10.8. The van der Waals surface area contributed by atoms with Crippen LogP contribution in [-0.4, -0.2) is 5.88 Å². The minimum absolute atomic E-state index is 0.749. The first-order chi connectivity index (χ1) is 5.93. The Morgan fingerprint density at radius 3 is 2.58 bits per heavy atom. The summed E-state index contributed by atoms with van der Waals surface area (Å²) >= 11 is 5.55. The van der Waals surface area contributed by atoms with Crippen LogP contribution in [0.1, 0.15) is 18.4 Å². The van der Waals surface area contributed by atoms with E-state index in [0.717, 1.165) is 18.7 Å². The number of alkyl halides is 1. The Balaban J connectivity index is 2.36. The van der Waals surface area contributed by atoms with E-state index < -0.39 is 0 Å². The molecule has 0 aliphatic rings. The van der Waals surface area contributed by atoms with Crippen LogP contribution in [0.5, 0.6) is 0 Å². The second kappa shape index (κ2) is 5.84. The number of rotatable bonds is 4. The number of unbranched alkanes of at least 4 members (excludes halogenated alkanes) is 1. The van der Waals surface area contributed by atoms with Crippen molar-refractivity contribution in [3.05, 3.63) is 42.0 Å². The second-order valence-corrected chi connectivity index (χ2v) is 3.02. The minimum atomic E-state index is 0.749. The Labute approximate surface area is 78.9 Å². The Bertz CT molecular complexity index is 226. The smallest absolute Gasteiger partial charge is 0.0226 e. The third-order valence-corrected chi connectivity index (χ3v) is 1.88. The molecule has 64 valence electrons. The maximum Gasteiger partial charge on any atom is 0.0226 e. The molecule has 0 amide bonds. The zero-order valence-electron chi connectivity index (χ0n) is 7.04. The summed E-state index contributed by atoms with van der Waals surface area (Å²) in [6.07, 6.45) is 6.42. The van der Waals surface area contributed by atoms with Gasteiger partial charge in [0.05, 0.1) is 0 Å². The van der Waals surface area contributed by atoms with Crippen molar-refractivity contribution >= 4 is 17.7 Å². The van der Waals surface area contributed by atoms with Crippen LogP contribution in [0.3, 0.4) is 0 Å². The first-order valence-corrected chi connectivity index (χ1v) is 4.74. The second-order valence-electron chi connectivity index (χ2n) is 2.64. The van der Waals surface area contributed by atoms with Gasteiger partial charge < -0.3 is 0 Å². The highest BCUT2D eigenvalue weighted by Crippen LogP contribution is 2.03. The van der Waals surface area contributed by atoms with Gasteiger partial charge in [-0.05, 0) is 18.4 Å². The van der Waals surface area contributed by atoms with Crippen LogP contribution in [0, 0.1) is 0 Å². The van der Waals surface area contributed by atoms with Crippen molar-refractivity contribution < 1.29 is 0 Å². The summed E-state index contributed by atoms with van der Waals surface area (Å²) in [6.45, 7) is 0. The van der Waals surface area contributed by atoms with Gasteiger partial charge in [-0.2, -0.15) is 0 Å². The Morgan fingerprint density at radius 2 is 1.92 bits per heavy atom. The number of hydrogen-bond acceptors (Lipinski definition) is 0. The molecule has 1 rings (SSSR count). The van der Waals surface area contributed by atoms with Gasteiger partial charge in [0.2, 0.25) is 0 Å². The van der Waals surface area contributed by atoms with Crippen LogP contribution in [-0.2, 0) is 0 Å². The van der Waals surface area contributed by atoms with Crippen LogP contribution >= 0.6 is 11.6 Å². The molecule has 0 heterocycles. The number of halogens is 1. The molecule has 0 fully saturated rings. The summed E-state index contributed by atoms with van der Waals surface area (Å²) in [5.74, 6) is 0.749. The predicted octanol–water partition coefficient (Wildman–Crippen LogP) is 3.72. The quantitative estimate of drug-likeness (QED) is 0.490. The van der Waals surface area contributed by atoms with Crippen LogP contribution in [0.25, 0.3) is 6.08 Å². The molecule has 0 spiro atoms. The van der Waals surface area contributed by atoms with E-state index in [9.17, 15) is 0 Å². The van der Waals surface area contributed by atoms with E-state index >= 15 is 0 Å². The molecular formula is C11H13Cl. The van der Waals surface area contributed by atoms with Crippen molar-refractivity contribution in [1.29, 1.82) is 0 Å². The van der Waals surface area contributed by atoms with Gasteiger partial charge in [0.1, 0.15) is 0 Å². The third kappa shape index (κ3) is 3.59. The molecule has 0 aliphatic carbocycles. The first-order valence-electron chi connectivity index (χ1n) is 4.21. The average Bonchev–Trinajstić information content (AvgIpc) is 2.14. The van der Waals surface area contributed by atoms with Crippen LogP contribution in [0.4, 0.5) is 0 Å². The Morgan fingerprint density at radius 1 is 1.17 bits per heavy atom. The molecule has 12 heavy (non-hydrogen) atoms. The fraction of sp³-hybridized carbons (Fsp3) is 0.273.